The van der Waals surface area contributed by atoms with Crippen LogP contribution in [0.25, 0.3) is 0 Å². The molecule has 1 N–H and O–H groups in total. The number of aryl methyl sites for hydroxylation is 1. The van der Waals surface area contributed by atoms with Crippen molar-refractivity contribution in [2.24, 2.45) is 0 Å². The summed E-state index contributed by atoms with van der Waals surface area (Å²) in [7, 11) is 0. The maximum absolute atomic E-state index is 5.45. The minimum atomic E-state index is 0.527. The fourth-order valence-corrected chi connectivity index (χ4v) is 1.75. The lowest BCUT2D eigenvalue weighted by molar-refractivity contribution is 0.155. The summed E-state index contributed by atoms with van der Waals surface area (Å²) in [4.78, 5) is 0. The Hall–Kier alpha value is -1.12. The van der Waals surface area contributed by atoms with E-state index in [9.17, 15) is 0 Å². The zero-order valence-electron chi connectivity index (χ0n) is 11.6. The first kappa shape index (κ1) is 14.9. The second kappa shape index (κ2) is 8.90. The molecule has 100 valence electrons. The average molecular weight is 247 g/mol. The van der Waals surface area contributed by atoms with Crippen molar-refractivity contribution in [2.45, 2.75) is 32.7 Å². The van der Waals surface area contributed by atoms with Crippen LogP contribution >= 0.6 is 0 Å². The number of benzene rings is 1. The molecule has 0 aliphatic heterocycles. The first-order valence-corrected chi connectivity index (χ1v) is 6.68. The van der Waals surface area contributed by atoms with Gasteiger partial charge in [0.15, 0.2) is 0 Å². The van der Waals surface area contributed by atoms with Crippen molar-refractivity contribution < 1.29 is 4.74 Å². The van der Waals surface area contributed by atoms with Gasteiger partial charge in [-0.1, -0.05) is 42.5 Å². The zero-order valence-corrected chi connectivity index (χ0v) is 11.6. The van der Waals surface area contributed by atoms with Gasteiger partial charge in [0.2, 0.25) is 0 Å². The minimum absolute atomic E-state index is 0.527. The van der Waals surface area contributed by atoms with Crippen LogP contribution in [0.4, 0.5) is 0 Å². The molecule has 0 aliphatic carbocycles. The maximum atomic E-state index is 5.45. The van der Waals surface area contributed by atoms with Crippen LogP contribution in [0.1, 0.15) is 25.8 Å². The lowest BCUT2D eigenvalue weighted by Gasteiger charge is -2.13. The second-order valence-electron chi connectivity index (χ2n) is 4.89. The van der Waals surface area contributed by atoms with Gasteiger partial charge >= 0.3 is 0 Å². The molecule has 0 saturated heterocycles. The number of hydrogen-bond acceptors (Lipinski definition) is 2. The molecule has 1 rings (SSSR count). The first-order valence-electron chi connectivity index (χ1n) is 6.68. The van der Waals surface area contributed by atoms with Crippen LogP contribution in [0.15, 0.2) is 42.5 Å². The molecule has 0 bridgehead atoms. The highest BCUT2D eigenvalue weighted by Crippen LogP contribution is 2.04. The Labute approximate surface area is 111 Å². The molecule has 1 aromatic carbocycles. The Balaban J connectivity index is 2.04. The van der Waals surface area contributed by atoms with E-state index >= 15 is 0 Å². The van der Waals surface area contributed by atoms with Crippen LogP contribution in [0.2, 0.25) is 0 Å². The quantitative estimate of drug-likeness (QED) is 0.534. The highest BCUT2D eigenvalue weighted by atomic mass is 16.5. The van der Waals surface area contributed by atoms with Gasteiger partial charge in [-0.05, 0) is 32.3 Å². The SMILES string of the molecule is C=C(C)COCCNC(C)CCc1ccccc1. The van der Waals surface area contributed by atoms with E-state index in [-0.39, 0.29) is 0 Å². The summed E-state index contributed by atoms with van der Waals surface area (Å²) in [5, 5.41) is 3.47. The molecule has 0 saturated carbocycles. The first-order chi connectivity index (χ1) is 8.68. The normalized spacial score (nSPS) is 12.3. The van der Waals surface area contributed by atoms with Crippen LogP contribution in [0, 0.1) is 0 Å². The molecule has 2 nitrogen and oxygen atoms in total. The summed E-state index contributed by atoms with van der Waals surface area (Å²) >= 11 is 0. The molecule has 2 heteroatoms. The molecule has 1 aromatic rings. The molecule has 0 aliphatic rings. The molecule has 0 amide bonds. The number of rotatable bonds is 9. The van der Waals surface area contributed by atoms with E-state index in [1.165, 1.54) is 5.56 Å². The van der Waals surface area contributed by atoms with Crippen molar-refractivity contribution in [1.29, 1.82) is 0 Å². The van der Waals surface area contributed by atoms with Gasteiger partial charge in [-0.3, -0.25) is 0 Å². The predicted molar refractivity (Wildman–Crippen MR) is 77.9 cm³/mol. The van der Waals surface area contributed by atoms with E-state index in [0.29, 0.717) is 12.6 Å². The Morgan fingerprint density at radius 1 is 1.33 bits per heavy atom. The van der Waals surface area contributed by atoms with E-state index in [2.05, 4.69) is 49.2 Å². The van der Waals surface area contributed by atoms with Crippen LogP contribution < -0.4 is 5.32 Å². The lowest BCUT2D eigenvalue weighted by atomic mass is 10.1. The van der Waals surface area contributed by atoms with Crippen molar-refractivity contribution in [2.75, 3.05) is 19.8 Å². The van der Waals surface area contributed by atoms with Crippen LogP contribution in [-0.2, 0) is 11.2 Å². The van der Waals surface area contributed by atoms with Gasteiger partial charge in [-0.2, -0.15) is 0 Å². The standard InChI is InChI=1S/C16H25NO/c1-14(2)13-18-12-11-17-15(3)9-10-16-7-5-4-6-8-16/h4-8,15,17H,1,9-13H2,2-3H3. The summed E-state index contributed by atoms with van der Waals surface area (Å²) < 4.78 is 5.45. The summed E-state index contributed by atoms with van der Waals surface area (Å²) in [5.74, 6) is 0. The van der Waals surface area contributed by atoms with Gasteiger partial charge in [0.1, 0.15) is 0 Å². The number of hydrogen-bond donors (Lipinski definition) is 1. The van der Waals surface area contributed by atoms with Crippen molar-refractivity contribution in [3.63, 3.8) is 0 Å². The highest BCUT2D eigenvalue weighted by molar-refractivity contribution is 5.14. The van der Waals surface area contributed by atoms with Gasteiger partial charge in [0.05, 0.1) is 13.2 Å². The number of nitrogens with one attached hydrogen (secondary N) is 1. The highest BCUT2D eigenvalue weighted by Gasteiger charge is 2.01. The molecular weight excluding hydrogens is 222 g/mol. The van der Waals surface area contributed by atoms with Gasteiger partial charge in [-0.25, -0.2) is 0 Å². The molecule has 0 fully saturated rings. The second-order valence-corrected chi connectivity index (χ2v) is 4.89. The van der Waals surface area contributed by atoms with Crippen molar-refractivity contribution in [3.05, 3.63) is 48.0 Å². The van der Waals surface area contributed by atoms with Crippen molar-refractivity contribution in [1.82, 2.24) is 5.32 Å². The summed E-state index contributed by atoms with van der Waals surface area (Å²) in [6.45, 7) is 10.3. The van der Waals surface area contributed by atoms with Crippen molar-refractivity contribution >= 4 is 0 Å². The third-order valence-electron chi connectivity index (χ3n) is 2.80. The summed E-state index contributed by atoms with van der Waals surface area (Å²) in [6, 6.07) is 11.1. The minimum Gasteiger partial charge on any atom is -0.376 e. The molecule has 1 atom stereocenters. The topological polar surface area (TPSA) is 21.3 Å². The average Bonchev–Trinajstić information content (AvgIpc) is 2.37. The van der Waals surface area contributed by atoms with E-state index < -0.39 is 0 Å². The fraction of sp³-hybridized carbons (Fsp3) is 0.500. The van der Waals surface area contributed by atoms with E-state index in [1.54, 1.807) is 0 Å². The van der Waals surface area contributed by atoms with E-state index in [4.69, 9.17) is 4.74 Å². The fourth-order valence-electron chi connectivity index (χ4n) is 1.75. The predicted octanol–water partition coefficient (Wildman–Crippen LogP) is 3.19. The number of ether oxygens (including phenoxy) is 1. The van der Waals surface area contributed by atoms with Crippen LogP contribution in [0.3, 0.4) is 0 Å². The Morgan fingerprint density at radius 2 is 2.06 bits per heavy atom. The third kappa shape index (κ3) is 7.25. The molecule has 0 heterocycles. The largest absolute Gasteiger partial charge is 0.376 e. The smallest absolute Gasteiger partial charge is 0.0672 e. The van der Waals surface area contributed by atoms with Crippen molar-refractivity contribution in [3.8, 4) is 0 Å². The monoisotopic (exact) mass is 247 g/mol. The zero-order chi connectivity index (χ0) is 13.2. The molecule has 0 spiro atoms. The van der Waals surface area contributed by atoms with Crippen LogP contribution in [-0.4, -0.2) is 25.8 Å². The Morgan fingerprint density at radius 3 is 2.72 bits per heavy atom. The van der Waals surface area contributed by atoms with E-state index in [0.717, 1.165) is 31.6 Å². The van der Waals surface area contributed by atoms with Crippen LogP contribution in [0.5, 0.6) is 0 Å². The summed E-state index contributed by atoms with van der Waals surface area (Å²) in [6.07, 6.45) is 2.28. The van der Waals surface area contributed by atoms with E-state index in [1.807, 2.05) is 6.92 Å². The molecule has 1 unspecified atom stereocenters. The third-order valence-corrected chi connectivity index (χ3v) is 2.80. The lowest BCUT2D eigenvalue weighted by Crippen LogP contribution is -2.30. The molecule has 0 aromatic heterocycles. The molecule has 18 heavy (non-hydrogen) atoms. The Bertz CT molecular complexity index is 334. The van der Waals surface area contributed by atoms with Gasteiger partial charge < -0.3 is 10.1 Å². The van der Waals surface area contributed by atoms with Gasteiger partial charge in [0, 0.05) is 12.6 Å². The molecular formula is C16H25NO. The maximum Gasteiger partial charge on any atom is 0.0672 e. The van der Waals surface area contributed by atoms with Gasteiger partial charge in [0.25, 0.3) is 0 Å². The summed E-state index contributed by atoms with van der Waals surface area (Å²) in [5.41, 5.74) is 2.48. The Kier molecular flexibility index (Phi) is 7.38. The van der Waals surface area contributed by atoms with Gasteiger partial charge in [-0.15, -0.1) is 0 Å². The molecule has 0 radical (unpaired) electrons.